The van der Waals surface area contributed by atoms with Crippen LogP contribution in [0.25, 0.3) is 0 Å². The van der Waals surface area contributed by atoms with E-state index in [4.69, 9.17) is 0 Å². The molecule has 2 atom stereocenters. The summed E-state index contributed by atoms with van der Waals surface area (Å²) in [7, 11) is 1.55. The molecule has 5 nitrogen and oxygen atoms in total. The minimum Gasteiger partial charge on any atom is -0.393 e. The highest BCUT2D eigenvalue weighted by molar-refractivity contribution is 6.01. The van der Waals surface area contributed by atoms with Crippen molar-refractivity contribution in [3.8, 4) is 0 Å². The van der Waals surface area contributed by atoms with Crippen LogP contribution in [-0.2, 0) is 4.79 Å². The lowest BCUT2D eigenvalue weighted by atomic mass is 9.67. The SMILES string of the molecule is CN1C(=O)CN(C2CC(O)CCC23CCCC3)C1=O. The number of urea groups is 1. The highest BCUT2D eigenvalue weighted by atomic mass is 16.3. The molecular weight excluding hydrogens is 244 g/mol. The van der Waals surface area contributed by atoms with Gasteiger partial charge in [-0.1, -0.05) is 12.8 Å². The standard InChI is InChI=1S/C14H22N2O3/c1-15-12(18)9-16(13(15)19)11-8-10(17)4-7-14(11)5-2-3-6-14/h10-11,17H,2-9H2,1H3. The van der Waals surface area contributed by atoms with E-state index in [1.165, 1.54) is 17.7 Å². The second-order valence-electron chi connectivity index (χ2n) is 6.38. The molecule has 1 heterocycles. The van der Waals surface area contributed by atoms with Crippen molar-refractivity contribution < 1.29 is 14.7 Å². The number of nitrogens with zero attached hydrogens (tertiary/aromatic N) is 2. The Morgan fingerprint density at radius 3 is 2.47 bits per heavy atom. The fraction of sp³-hybridized carbons (Fsp3) is 0.857. The molecular formula is C14H22N2O3. The molecule has 0 aromatic heterocycles. The van der Waals surface area contributed by atoms with Gasteiger partial charge < -0.3 is 10.0 Å². The van der Waals surface area contributed by atoms with Gasteiger partial charge in [0, 0.05) is 13.1 Å². The molecule has 3 rings (SSSR count). The van der Waals surface area contributed by atoms with Gasteiger partial charge in [-0.25, -0.2) is 4.79 Å². The summed E-state index contributed by atoms with van der Waals surface area (Å²) >= 11 is 0. The van der Waals surface area contributed by atoms with Gasteiger partial charge in [0.1, 0.15) is 6.54 Å². The van der Waals surface area contributed by atoms with Crippen LogP contribution in [0.1, 0.15) is 44.9 Å². The summed E-state index contributed by atoms with van der Waals surface area (Å²) in [5, 5.41) is 9.97. The molecule has 106 valence electrons. The van der Waals surface area contributed by atoms with Gasteiger partial charge in [-0.05, 0) is 37.5 Å². The first-order valence-electron chi connectivity index (χ1n) is 7.29. The largest absolute Gasteiger partial charge is 0.393 e. The fourth-order valence-electron chi connectivity index (χ4n) is 4.23. The number of carbonyl (C=O) groups excluding carboxylic acids is 2. The highest BCUT2D eigenvalue weighted by Gasteiger charge is 2.51. The predicted molar refractivity (Wildman–Crippen MR) is 69.4 cm³/mol. The molecule has 0 aromatic carbocycles. The molecule has 0 bridgehead atoms. The van der Waals surface area contributed by atoms with E-state index in [9.17, 15) is 14.7 Å². The first kappa shape index (κ1) is 12.9. The minimum absolute atomic E-state index is 0.0418. The quantitative estimate of drug-likeness (QED) is 0.729. The van der Waals surface area contributed by atoms with Crippen molar-refractivity contribution in [1.82, 2.24) is 9.80 Å². The smallest absolute Gasteiger partial charge is 0.327 e. The number of amides is 3. The Hall–Kier alpha value is -1.10. The molecule has 19 heavy (non-hydrogen) atoms. The van der Waals surface area contributed by atoms with Crippen LogP contribution >= 0.6 is 0 Å². The molecule has 3 amide bonds. The van der Waals surface area contributed by atoms with E-state index in [2.05, 4.69) is 0 Å². The Morgan fingerprint density at radius 2 is 1.89 bits per heavy atom. The highest BCUT2D eigenvalue weighted by Crippen LogP contribution is 2.51. The zero-order valence-corrected chi connectivity index (χ0v) is 11.5. The van der Waals surface area contributed by atoms with Crippen LogP contribution < -0.4 is 0 Å². The molecule has 2 unspecified atom stereocenters. The first-order valence-corrected chi connectivity index (χ1v) is 7.29. The van der Waals surface area contributed by atoms with Crippen molar-refractivity contribution >= 4 is 11.9 Å². The third-order valence-electron chi connectivity index (χ3n) is 5.37. The number of likely N-dealkylation sites (N-methyl/N-ethyl adjacent to an activating group) is 1. The molecule has 2 aliphatic carbocycles. The number of aliphatic hydroxyl groups is 1. The van der Waals surface area contributed by atoms with Gasteiger partial charge in [-0.15, -0.1) is 0 Å². The zero-order valence-electron chi connectivity index (χ0n) is 11.5. The van der Waals surface area contributed by atoms with Gasteiger partial charge in [-0.3, -0.25) is 9.69 Å². The normalized spacial score (nSPS) is 34.6. The zero-order chi connectivity index (χ0) is 13.6. The Morgan fingerprint density at radius 1 is 1.21 bits per heavy atom. The lowest BCUT2D eigenvalue weighted by Gasteiger charge is -2.47. The Bertz CT molecular complexity index is 403. The fourth-order valence-corrected chi connectivity index (χ4v) is 4.23. The number of hydrogen-bond acceptors (Lipinski definition) is 3. The van der Waals surface area contributed by atoms with Gasteiger partial charge in [0.2, 0.25) is 5.91 Å². The first-order chi connectivity index (χ1) is 9.03. The van der Waals surface area contributed by atoms with E-state index >= 15 is 0 Å². The predicted octanol–water partition coefficient (Wildman–Crippen LogP) is 1.35. The average molecular weight is 266 g/mol. The maximum Gasteiger partial charge on any atom is 0.327 e. The van der Waals surface area contributed by atoms with E-state index in [-0.39, 0.29) is 36.0 Å². The molecule has 3 fully saturated rings. The van der Waals surface area contributed by atoms with Gasteiger partial charge in [-0.2, -0.15) is 0 Å². The Labute approximate surface area is 113 Å². The second-order valence-corrected chi connectivity index (χ2v) is 6.38. The van der Waals surface area contributed by atoms with Crippen LogP contribution in [0.3, 0.4) is 0 Å². The summed E-state index contributed by atoms with van der Waals surface area (Å²) in [5.74, 6) is -0.127. The molecule has 1 N–H and O–H groups in total. The number of hydrogen-bond donors (Lipinski definition) is 1. The molecule has 1 spiro atoms. The Kier molecular flexibility index (Phi) is 3.04. The minimum atomic E-state index is -0.329. The number of carbonyl (C=O) groups is 2. The van der Waals surface area contributed by atoms with E-state index in [1.54, 1.807) is 11.9 Å². The van der Waals surface area contributed by atoms with Crippen LogP contribution in [0.15, 0.2) is 0 Å². The van der Waals surface area contributed by atoms with Crippen molar-refractivity contribution in [3.63, 3.8) is 0 Å². The van der Waals surface area contributed by atoms with Crippen molar-refractivity contribution in [3.05, 3.63) is 0 Å². The summed E-state index contributed by atoms with van der Waals surface area (Å²) < 4.78 is 0. The van der Waals surface area contributed by atoms with Gasteiger partial charge >= 0.3 is 6.03 Å². The molecule has 0 aromatic rings. The molecule has 2 saturated carbocycles. The Balaban J connectivity index is 1.87. The van der Waals surface area contributed by atoms with Crippen LogP contribution in [-0.4, -0.2) is 52.6 Å². The van der Waals surface area contributed by atoms with Crippen molar-refractivity contribution in [2.24, 2.45) is 5.41 Å². The molecule has 3 aliphatic rings. The summed E-state index contributed by atoms with van der Waals surface area (Å²) in [4.78, 5) is 26.9. The van der Waals surface area contributed by atoms with Crippen molar-refractivity contribution in [2.45, 2.75) is 57.1 Å². The van der Waals surface area contributed by atoms with Gasteiger partial charge in [0.05, 0.1) is 6.10 Å². The molecule has 1 aliphatic heterocycles. The molecule has 5 heteroatoms. The van der Waals surface area contributed by atoms with Crippen molar-refractivity contribution in [1.29, 1.82) is 0 Å². The van der Waals surface area contributed by atoms with Crippen LogP contribution in [0.5, 0.6) is 0 Å². The van der Waals surface area contributed by atoms with Gasteiger partial charge in [0.25, 0.3) is 0 Å². The third kappa shape index (κ3) is 1.95. The van der Waals surface area contributed by atoms with E-state index < -0.39 is 0 Å². The van der Waals surface area contributed by atoms with Crippen LogP contribution in [0.2, 0.25) is 0 Å². The van der Waals surface area contributed by atoms with Gasteiger partial charge in [0.15, 0.2) is 0 Å². The topological polar surface area (TPSA) is 60.9 Å². The molecule has 0 radical (unpaired) electrons. The molecule has 1 saturated heterocycles. The lowest BCUT2D eigenvalue weighted by Crippen LogP contribution is -2.52. The van der Waals surface area contributed by atoms with Crippen LogP contribution in [0.4, 0.5) is 4.79 Å². The maximum absolute atomic E-state index is 12.2. The van der Waals surface area contributed by atoms with Crippen LogP contribution in [0, 0.1) is 5.41 Å². The third-order valence-corrected chi connectivity index (χ3v) is 5.37. The number of aliphatic hydroxyl groups excluding tert-OH is 1. The van der Waals surface area contributed by atoms with E-state index in [1.807, 2.05) is 0 Å². The summed E-state index contributed by atoms with van der Waals surface area (Å²) in [6.45, 7) is 0.189. The van der Waals surface area contributed by atoms with E-state index in [0.29, 0.717) is 6.42 Å². The maximum atomic E-state index is 12.2. The lowest BCUT2D eigenvalue weighted by molar-refractivity contribution is -0.124. The monoisotopic (exact) mass is 266 g/mol. The summed E-state index contributed by atoms with van der Waals surface area (Å²) in [6.07, 6.45) is 6.80. The average Bonchev–Trinajstić information content (AvgIpc) is 2.95. The summed E-state index contributed by atoms with van der Waals surface area (Å²) in [5.41, 5.74) is 0.153. The number of rotatable bonds is 1. The second kappa shape index (κ2) is 4.47. The van der Waals surface area contributed by atoms with Crippen molar-refractivity contribution in [2.75, 3.05) is 13.6 Å². The van der Waals surface area contributed by atoms with E-state index in [0.717, 1.165) is 25.7 Å². The summed E-state index contributed by atoms with van der Waals surface area (Å²) in [6, 6.07) is -0.143. The number of imide groups is 1.